The van der Waals surface area contributed by atoms with Crippen LogP contribution < -0.4 is 5.73 Å². The van der Waals surface area contributed by atoms with Crippen LogP contribution in [0.3, 0.4) is 0 Å². The maximum atomic E-state index is 13.8. The summed E-state index contributed by atoms with van der Waals surface area (Å²) >= 11 is 0. The fourth-order valence-corrected chi connectivity index (χ4v) is 2.11. The highest BCUT2D eigenvalue weighted by atomic mass is 19.4. The number of halogens is 4. The molecule has 0 amide bonds. The summed E-state index contributed by atoms with van der Waals surface area (Å²) in [4.78, 5) is 0. The summed E-state index contributed by atoms with van der Waals surface area (Å²) in [6.45, 7) is 2.26. The van der Waals surface area contributed by atoms with Crippen LogP contribution in [-0.2, 0) is 16.5 Å². The number of hydrogen-bond donors (Lipinski definition) is 1. The van der Waals surface area contributed by atoms with E-state index in [0.29, 0.717) is 12.7 Å². The molecule has 0 bridgehead atoms. The molecule has 0 spiro atoms. The summed E-state index contributed by atoms with van der Waals surface area (Å²) < 4.78 is 56.3. The number of alkyl halides is 3. The van der Waals surface area contributed by atoms with E-state index < -0.39 is 23.1 Å². The van der Waals surface area contributed by atoms with Gasteiger partial charge in [0.05, 0.1) is 24.3 Å². The molecule has 1 heterocycles. The van der Waals surface area contributed by atoms with Gasteiger partial charge in [-0.05, 0) is 12.1 Å². The van der Waals surface area contributed by atoms with Crippen molar-refractivity contribution in [3.63, 3.8) is 0 Å². The molecule has 1 fully saturated rings. The van der Waals surface area contributed by atoms with E-state index in [1.54, 1.807) is 6.92 Å². The first-order valence-corrected chi connectivity index (χ1v) is 5.49. The normalized spacial score (nSPS) is 28.7. The van der Waals surface area contributed by atoms with Crippen LogP contribution in [0.5, 0.6) is 0 Å². The maximum absolute atomic E-state index is 13.8. The van der Waals surface area contributed by atoms with Gasteiger partial charge in [0.25, 0.3) is 0 Å². The maximum Gasteiger partial charge on any atom is 0.416 e. The Hall–Kier alpha value is -1.14. The fraction of sp³-hybridized carbons (Fsp3) is 0.500. The molecule has 100 valence electrons. The van der Waals surface area contributed by atoms with E-state index in [4.69, 9.17) is 10.5 Å². The van der Waals surface area contributed by atoms with Crippen LogP contribution in [0, 0.1) is 11.7 Å². The average Bonchev–Trinajstić information content (AvgIpc) is 2.58. The van der Waals surface area contributed by atoms with Crippen molar-refractivity contribution < 1.29 is 22.3 Å². The average molecular weight is 263 g/mol. The van der Waals surface area contributed by atoms with Gasteiger partial charge in [0, 0.05) is 11.5 Å². The van der Waals surface area contributed by atoms with E-state index in [-0.39, 0.29) is 18.1 Å². The number of hydrogen-bond acceptors (Lipinski definition) is 2. The van der Waals surface area contributed by atoms with E-state index in [9.17, 15) is 17.6 Å². The highest BCUT2D eigenvalue weighted by Gasteiger charge is 2.42. The molecule has 2 N–H and O–H groups in total. The molecule has 18 heavy (non-hydrogen) atoms. The largest absolute Gasteiger partial charge is 0.416 e. The van der Waals surface area contributed by atoms with Crippen molar-refractivity contribution in [2.24, 2.45) is 11.7 Å². The molecular weight excluding hydrogens is 250 g/mol. The van der Waals surface area contributed by atoms with E-state index in [0.717, 1.165) is 12.1 Å². The molecule has 6 heteroatoms. The van der Waals surface area contributed by atoms with Gasteiger partial charge in [-0.1, -0.05) is 13.0 Å². The highest BCUT2D eigenvalue weighted by Crippen LogP contribution is 2.37. The molecule has 2 nitrogen and oxygen atoms in total. The molecular formula is C12H13F4NO. The third kappa shape index (κ3) is 2.10. The predicted molar refractivity (Wildman–Crippen MR) is 57.3 cm³/mol. The smallest absolute Gasteiger partial charge is 0.379 e. The van der Waals surface area contributed by atoms with Crippen molar-refractivity contribution in [1.29, 1.82) is 0 Å². The lowest BCUT2D eigenvalue weighted by Crippen LogP contribution is -2.43. The van der Waals surface area contributed by atoms with Crippen LogP contribution >= 0.6 is 0 Å². The first-order valence-electron chi connectivity index (χ1n) is 5.49. The SMILES string of the molecule is CC1COCC1(N)c1ccc(C(F)(F)F)cc1F. The van der Waals surface area contributed by atoms with Gasteiger partial charge >= 0.3 is 6.18 Å². The molecule has 1 aliphatic heterocycles. The van der Waals surface area contributed by atoms with Crippen molar-refractivity contribution >= 4 is 0 Å². The summed E-state index contributed by atoms with van der Waals surface area (Å²) in [6, 6.07) is 2.43. The minimum Gasteiger partial charge on any atom is -0.379 e. The van der Waals surface area contributed by atoms with Crippen LogP contribution in [0.15, 0.2) is 18.2 Å². The molecule has 1 aromatic rings. The zero-order valence-corrected chi connectivity index (χ0v) is 9.72. The third-order valence-corrected chi connectivity index (χ3v) is 3.39. The van der Waals surface area contributed by atoms with Gasteiger partial charge in [-0.2, -0.15) is 13.2 Å². The molecule has 0 radical (unpaired) electrons. The molecule has 0 aliphatic carbocycles. The van der Waals surface area contributed by atoms with Crippen LogP contribution in [0.25, 0.3) is 0 Å². The molecule has 2 atom stereocenters. The molecule has 2 rings (SSSR count). The van der Waals surface area contributed by atoms with Gasteiger partial charge in [-0.3, -0.25) is 0 Å². The Morgan fingerprint density at radius 1 is 1.39 bits per heavy atom. The lowest BCUT2D eigenvalue weighted by atomic mass is 9.82. The molecule has 1 aromatic carbocycles. The second-order valence-electron chi connectivity index (χ2n) is 4.65. The standard InChI is InChI=1S/C12H13F4NO/c1-7-5-18-6-11(7,17)9-3-2-8(4-10(9)13)12(14,15)16/h2-4,7H,5-6,17H2,1H3. The molecule has 1 saturated heterocycles. The predicted octanol–water partition coefficient (Wildman–Crippen LogP) is 2.66. The summed E-state index contributed by atoms with van der Waals surface area (Å²) in [5.41, 5.74) is 4.03. The van der Waals surface area contributed by atoms with Crippen LogP contribution in [0.1, 0.15) is 18.1 Å². The van der Waals surface area contributed by atoms with E-state index in [1.165, 1.54) is 0 Å². The number of nitrogens with two attached hydrogens (primary N) is 1. The Balaban J connectivity index is 2.42. The Morgan fingerprint density at radius 2 is 2.06 bits per heavy atom. The van der Waals surface area contributed by atoms with Crippen molar-refractivity contribution in [1.82, 2.24) is 0 Å². The number of rotatable bonds is 1. The lowest BCUT2D eigenvalue weighted by molar-refractivity contribution is -0.137. The highest BCUT2D eigenvalue weighted by molar-refractivity contribution is 5.32. The number of benzene rings is 1. The van der Waals surface area contributed by atoms with Crippen LogP contribution in [0.2, 0.25) is 0 Å². The fourth-order valence-electron chi connectivity index (χ4n) is 2.11. The molecule has 0 saturated carbocycles. The third-order valence-electron chi connectivity index (χ3n) is 3.39. The van der Waals surface area contributed by atoms with Gasteiger partial charge in [-0.25, -0.2) is 4.39 Å². The van der Waals surface area contributed by atoms with Crippen molar-refractivity contribution in [2.75, 3.05) is 13.2 Å². The second-order valence-corrected chi connectivity index (χ2v) is 4.65. The molecule has 1 aliphatic rings. The molecule has 2 unspecified atom stereocenters. The van der Waals surface area contributed by atoms with Gasteiger partial charge in [0.2, 0.25) is 0 Å². The first kappa shape index (κ1) is 13.3. The van der Waals surface area contributed by atoms with Gasteiger partial charge < -0.3 is 10.5 Å². The lowest BCUT2D eigenvalue weighted by Gasteiger charge is -2.28. The van der Waals surface area contributed by atoms with E-state index in [1.807, 2.05) is 0 Å². The second kappa shape index (κ2) is 4.20. The summed E-state index contributed by atoms with van der Waals surface area (Å²) in [6.07, 6.45) is -4.56. The zero-order chi connectivity index (χ0) is 13.6. The van der Waals surface area contributed by atoms with Crippen LogP contribution in [-0.4, -0.2) is 13.2 Å². The van der Waals surface area contributed by atoms with E-state index >= 15 is 0 Å². The topological polar surface area (TPSA) is 35.2 Å². The van der Waals surface area contributed by atoms with Crippen molar-refractivity contribution in [3.8, 4) is 0 Å². The van der Waals surface area contributed by atoms with Crippen LogP contribution in [0.4, 0.5) is 17.6 Å². The quantitative estimate of drug-likeness (QED) is 0.791. The summed E-state index contributed by atoms with van der Waals surface area (Å²) in [5.74, 6) is -1.09. The minimum absolute atomic E-state index is 0.0699. The minimum atomic E-state index is -4.56. The van der Waals surface area contributed by atoms with Gasteiger partial charge in [-0.15, -0.1) is 0 Å². The Morgan fingerprint density at radius 3 is 2.50 bits per heavy atom. The summed E-state index contributed by atoms with van der Waals surface area (Å²) in [7, 11) is 0. The van der Waals surface area contributed by atoms with Gasteiger partial charge in [0.1, 0.15) is 5.82 Å². The first-order chi connectivity index (χ1) is 8.25. The zero-order valence-electron chi connectivity index (χ0n) is 9.72. The number of ether oxygens (including phenoxy) is 1. The molecule has 0 aromatic heterocycles. The Labute approximate surface area is 102 Å². The Kier molecular flexibility index (Phi) is 3.11. The van der Waals surface area contributed by atoms with E-state index in [2.05, 4.69) is 0 Å². The van der Waals surface area contributed by atoms with Crippen molar-refractivity contribution in [2.45, 2.75) is 18.6 Å². The monoisotopic (exact) mass is 263 g/mol. The van der Waals surface area contributed by atoms with Crippen molar-refractivity contribution in [3.05, 3.63) is 35.1 Å². The van der Waals surface area contributed by atoms with Gasteiger partial charge in [0.15, 0.2) is 0 Å². The Bertz CT molecular complexity index is 460. The summed E-state index contributed by atoms with van der Waals surface area (Å²) in [5, 5.41) is 0.